The summed E-state index contributed by atoms with van der Waals surface area (Å²) in [6.45, 7) is -0.280. The molecule has 0 fully saturated rings. The van der Waals surface area contributed by atoms with Crippen molar-refractivity contribution in [3.63, 3.8) is 0 Å². The molecule has 1 aliphatic rings. The third-order valence-corrected chi connectivity index (χ3v) is 5.66. The van der Waals surface area contributed by atoms with Crippen molar-refractivity contribution in [1.82, 2.24) is 10.8 Å². The summed E-state index contributed by atoms with van der Waals surface area (Å²) in [6, 6.07) is 8.40. The molecule has 37 heavy (non-hydrogen) atoms. The van der Waals surface area contributed by atoms with Gasteiger partial charge in [-0.15, -0.1) is 0 Å². The molecule has 0 saturated heterocycles. The van der Waals surface area contributed by atoms with Crippen molar-refractivity contribution in [3.8, 4) is 0 Å². The first kappa shape index (κ1) is 26.1. The fourth-order valence-corrected chi connectivity index (χ4v) is 3.95. The zero-order chi connectivity index (χ0) is 27.2. The first-order valence-corrected chi connectivity index (χ1v) is 10.3. The van der Waals surface area contributed by atoms with Gasteiger partial charge in [-0.1, -0.05) is 30.3 Å². The summed E-state index contributed by atoms with van der Waals surface area (Å²) >= 11 is 0. The van der Waals surface area contributed by atoms with Gasteiger partial charge in [-0.2, -0.15) is 26.3 Å². The predicted octanol–water partition coefficient (Wildman–Crippen LogP) is 5.40. The summed E-state index contributed by atoms with van der Waals surface area (Å²) < 4.78 is 110. The standard InChI is InChI=1S/C24H14F8N2O3/c25-18-10-12(9-17(20(18)26)23(27,28)29)22(24(30,31)32)11-19(34-37-22)15-5-6-16(21(36)33-7-8-35)14-4-2-1-3-13(14)15/h1-6,8-11,34H,7H2,(H,33,36). The molecule has 0 spiro atoms. The number of hydrogen-bond acceptors (Lipinski definition) is 4. The Hall–Kier alpha value is -4.00. The Morgan fingerprint density at radius 1 is 1.00 bits per heavy atom. The number of halogens is 8. The average molecular weight is 530 g/mol. The van der Waals surface area contributed by atoms with Gasteiger partial charge >= 0.3 is 12.4 Å². The molecule has 13 heteroatoms. The number of amides is 1. The first-order chi connectivity index (χ1) is 17.3. The van der Waals surface area contributed by atoms with E-state index in [-0.39, 0.29) is 46.3 Å². The topological polar surface area (TPSA) is 67.4 Å². The highest BCUT2D eigenvalue weighted by molar-refractivity contribution is 6.10. The lowest BCUT2D eigenvalue weighted by Crippen LogP contribution is -2.43. The molecule has 0 saturated carbocycles. The van der Waals surface area contributed by atoms with Crippen molar-refractivity contribution in [3.05, 3.63) is 88.5 Å². The summed E-state index contributed by atoms with van der Waals surface area (Å²) in [7, 11) is 0. The number of hydrogen-bond donors (Lipinski definition) is 2. The summed E-state index contributed by atoms with van der Waals surface area (Å²) in [5.41, 5.74) is -5.35. The molecule has 3 aromatic rings. The van der Waals surface area contributed by atoms with E-state index >= 15 is 0 Å². The Kier molecular flexibility index (Phi) is 6.44. The number of carbonyl (C=O) groups excluding carboxylic acids is 2. The van der Waals surface area contributed by atoms with Crippen LogP contribution in [0.3, 0.4) is 0 Å². The number of carbonyl (C=O) groups is 2. The van der Waals surface area contributed by atoms with Crippen LogP contribution in [0.5, 0.6) is 0 Å². The Bertz CT molecular complexity index is 1430. The maximum Gasteiger partial charge on any atom is 0.428 e. The van der Waals surface area contributed by atoms with Crippen LogP contribution in [-0.2, 0) is 21.4 Å². The zero-order valence-corrected chi connectivity index (χ0v) is 18.2. The van der Waals surface area contributed by atoms with Gasteiger partial charge in [0.25, 0.3) is 5.91 Å². The van der Waals surface area contributed by atoms with Crippen LogP contribution in [-0.4, -0.2) is 24.9 Å². The van der Waals surface area contributed by atoms with Crippen LogP contribution in [0.2, 0.25) is 0 Å². The predicted molar refractivity (Wildman–Crippen MR) is 114 cm³/mol. The van der Waals surface area contributed by atoms with Crippen molar-refractivity contribution in [1.29, 1.82) is 0 Å². The molecular weight excluding hydrogens is 516 g/mol. The van der Waals surface area contributed by atoms with Crippen molar-refractivity contribution < 1.29 is 49.5 Å². The van der Waals surface area contributed by atoms with E-state index in [0.29, 0.717) is 12.4 Å². The van der Waals surface area contributed by atoms with Crippen LogP contribution in [0.15, 0.2) is 54.6 Å². The zero-order valence-electron chi connectivity index (χ0n) is 18.2. The quantitative estimate of drug-likeness (QED) is 0.343. The summed E-state index contributed by atoms with van der Waals surface area (Å²) in [5, 5.41) is 2.88. The van der Waals surface area contributed by atoms with E-state index in [2.05, 4.69) is 5.32 Å². The molecule has 1 heterocycles. The molecule has 5 nitrogen and oxygen atoms in total. The lowest BCUT2D eigenvalue weighted by atomic mass is 9.89. The minimum atomic E-state index is -5.48. The van der Waals surface area contributed by atoms with Crippen molar-refractivity contribution >= 4 is 28.7 Å². The molecule has 3 aromatic carbocycles. The lowest BCUT2D eigenvalue weighted by Gasteiger charge is -2.29. The third-order valence-electron chi connectivity index (χ3n) is 5.66. The number of benzene rings is 3. The lowest BCUT2D eigenvalue weighted by molar-refractivity contribution is -0.269. The molecule has 2 N–H and O–H groups in total. The fraction of sp³-hybridized carbons (Fsp3) is 0.167. The van der Waals surface area contributed by atoms with Crippen molar-refractivity contribution in [2.24, 2.45) is 0 Å². The van der Waals surface area contributed by atoms with Crippen molar-refractivity contribution in [2.75, 3.05) is 6.54 Å². The molecule has 1 atom stereocenters. The Balaban J connectivity index is 1.90. The highest BCUT2D eigenvalue weighted by Crippen LogP contribution is 2.49. The van der Waals surface area contributed by atoms with Gasteiger partial charge in [-0.3, -0.25) is 15.1 Å². The molecule has 1 amide bonds. The molecule has 4 rings (SSSR count). The minimum absolute atomic E-state index is 0.0161. The van der Waals surface area contributed by atoms with Gasteiger partial charge < -0.3 is 10.1 Å². The SMILES string of the molecule is O=CCNC(=O)c1ccc(C2=CC(c3cc(F)c(F)c(C(F)(F)F)c3)(C(F)(F)F)ON2)c2ccccc12. The minimum Gasteiger partial charge on any atom is -0.345 e. The van der Waals surface area contributed by atoms with Crippen molar-refractivity contribution in [2.45, 2.75) is 18.0 Å². The Labute approximate surface area is 202 Å². The molecule has 1 unspecified atom stereocenters. The van der Waals surface area contributed by atoms with Gasteiger partial charge in [0.05, 0.1) is 17.8 Å². The van der Waals surface area contributed by atoms with E-state index in [1.165, 1.54) is 30.3 Å². The van der Waals surface area contributed by atoms with Crippen LogP contribution < -0.4 is 10.8 Å². The maximum absolute atomic E-state index is 14.3. The van der Waals surface area contributed by atoms with Gasteiger partial charge in [0, 0.05) is 16.7 Å². The Morgan fingerprint density at radius 3 is 2.30 bits per heavy atom. The van der Waals surface area contributed by atoms with Crippen LogP contribution in [0.1, 0.15) is 27.0 Å². The number of fused-ring (bicyclic) bond motifs is 1. The molecule has 194 valence electrons. The second-order valence-electron chi connectivity index (χ2n) is 7.90. The number of rotatable bonds is 5. The van der Waals surface area contributed by atoms with Gasteiger partial charge in [0.15, 0.2) is 11.6 Å². The van der Waals surface area contributed by atoms with E-state index in [1.807, 2.05) is 5.48 Å². The Morgan fingerprint density at radius 2 is 1.68 bits per heavy atom. The number of nitrogens with one attached hydrogen (secondary N) is 2. The van der Waals surface area contributed by atoms with E-state index < -0.39 is 46.6 Å². The molecule has 0 radical (unpaired) electrons. The van der Waals surface area contributed by atoms with Crippen LogP contribution in [0, 0.1) is 11.6 Å². The molecule has 0 bridgehead atoms. The smallest absolute Gasteiger partial charge is 0.345 e. The average Bonchev–Trinajstić information content (AvgIpc) is 3.29. The van der Waals surface area contributed by atoms with Crippen LogP contribution in [0.4, 0.5) is 35.1 Å². The van der Waals surface area contributed by atoms with E-state index in [1.54, 1.807) is 6.07 Å². The van der Waals surface area contributed by atoms with E-state index in [9.17, 15) is 44.7 Å². The van der Waals surface area contributed by atoms with Gasteiger partial charge in [-0.25, -0.2) is 8.78 Å². The number of hydroxylamine groups is 1. The molecule has 0 aromatic heterocycles. The van der Waals surface area contributed by atoms with E-state index in [0.717, 1.165) is 0 Å². The summed E-state index contributed by atoms with van der Waals surface area (Å²) in [5.74, 6) is -5.13. The second kappa shape index (κ2) is 9.14. The second-order valence-corrected chi connectivity index (χ2v) is 7.90. The number of alkyl halides is 6. The summed E-state index contributed by atoms with van der Waals surface area (Å²) in [4.78, 5) is 27.7. The highest BCUT2D eigenvalue weighted by Gasteiger charge is 2.60. The molecular formula is C24H14F8N2O3. The first-order valence-electron chi connectivity index (χ1n) is 10.3. The third kappa shape index (κ3) is 4.50. The van der Waals surface area contributed by atoms with Gasteiger partial charge in [0.1, 0.15) is 6.29 Å². The molecule has 0 aliphatic carbocycles. The van der Waals surface area contributed by atoms with Gasteiger partial charge in [0.2, 0.25) is 5.60 Å². The van der Waals surface area contributed by atoms with Crippen LogP contribution in [0.25, 0.3) is 16.5 Å². The van der Waals surface area contributed by atoms with Gasteiger partial charge in [-0.05, 0) is 35.0 Å². The number of aldehydes is 1. The molecule has 1 aliphatic heterocycles. The monoisotopic (exact) mass is 530 g/mol. The largest absolute Gasteiger partial charge is 0.428 e. The maximum atomic E-state index is 14.3. The summed E-state index contributed by atoms with van der Waals surface area (Å²) in [6.07, 6.45) is -10.0. The van der Waals surface area contributed by atoms with Crippen LogP contribution >= 0.6 is 0 Å². The normalized spacial score (nSPS) is 17.9. The highest BCUT2D eigenvalue weighted by atomic mass is 19.4. The van der Waals surface area contributed by atoms with E-state index in [4.69, 9.17) is 4.84 Å². The fourth-order valence-electron chi connectivity index (χ4n) is 3.95.